The minimum Gasteiger partial charge on any atom is -0.203 e. The van der Waals surface area contributed by atoms with Crippen LogP contribution in [0, 0.1) is 34.9 Å². The third kappa shape index (κ3) is 3.56. The van der Waals surface area contributed by atoms with Gasteiger partial charge in [-0.15, -0.1) is 3.63 Å². The van der Waals surface area contributed by atoms with Crippen LogP contribution in [0.4, 0.5) is 26.3 Å². The maximum absolute atomic E-state index is 15.0. The summed E-state index contributed by atoms with van der Waals surface area (Å²) in [6.07, 6.45) is -0.857. The number of fused-ring (bicyclic) bond motifs is 6. The second kappa shape index (κ2) is 8.41. The number of halogens is 6. The van der Waals surface area contributed by atoms with Crippen LogP contribution in [0.3, 0.4) is 0 Å². The Hall–Kier alpha value is -3.68. The molecule has 5 nitrogen and oxygen atoms in total. The Balaban J connectivity index is 1.53. The van der Waals surface area contributed by atoms with Gasteiger partial charge < -0.3 is 0 Å². The molecule has 2 aliphatic rings. The van der Waals surface area contributed by atoms with Crippen molar-refractivity contribution in [2.24, 2.45) is 0 Å². The highest BCUT2D eigenvalue weighted by molar-refractivity contribution is 8.00. The summed E-state index contributed by atoms with van der Waals surface area (Å²) in [5, 5.41) is 0. The molecule has 0 amide bonds. The molecule has 0 saturated heterocycles. The Morgan fingerprint density at radius 3 is 1.26 bits per heavy atom. The van der Waals surface area contributed by atoms with E-state index in [0.29, 0.717) is 0 Å². The van der Waals surface area contributed by atoms with Gasteiger partial charge in [-0.3, -0.25) is 0 Å². The highest BCUT2D eigenvalue weighted by Crippen LogP contribution is 2.46. The van der Waals surface area contributed by atoms with Gasteiger partial charge in [0.25, 0.3) is 0 Å². The van der Waals surface area contributed by atoms with Gasteiger partial charge in [-0.1, -0.05) is 48.5 Å². The molecule has 6 rings (SSSR count). The molecule has 2 aliphatic carbocycles. The molecule has 200 valence electrons. The van der Waals surface area contributed by atoms with Crippen LogP contribution in [0.15, 0.2) is 58.3 Å². The molecule has 39 heavy (non-hydrogen) atoms. The number of rotatable bonds is 4. The monoisotopic (exact) mass is 582 g/mol. The van der Waals surface area contributed by atoms with Crippen molar-refractivity contribution in [3.63, 3.8) is 0 Å². The average molecular weight is 582 g/mol. The first-order chi connectivity index (χ1) is 18.3. The van der Waals surface area contributed by atoms with Crippen LogP contribution >= 0.6 is 0 Å². The first kappa shape index (κ1) is 25.6. The van der Waals surface area contributed by atoms with Gasteiger partial charge in [-0.2, -0.15) is 16.8 Å². The van der Waals surface area contributed by atoms with Gasteiger partial charge in [-0.25, -0.2) is 26.3 Å². The lowest BCUT2D eigenvalue weighted by Crippen LogP contribution is -2.21. The molecule has 0 saturated carbocycles. The molecule has 0 radical (unpaired) electrons. The van der Waals surface area contributed by atoms with Crippen molar-refractivity contribution in [1.29, 1.82) is 0 Å². The summed E-state index contributed by atoms with van der Waals surface area (Å²) in [5.41, 5.74) is -1.79. The van der Waals surface area contributed by atoms with Crippen molar-refractivity contribution in [2.75, 3.05) is 0 Å². The molecule has 4 aromatic rings. The zero-order valence-electron chi connectivity index (χ0n) is 19.2. The number of benzene rings is 4. The highest BCUT2D eigenvalue weighted by Gasteiger charge is 2.43. The second-order valence-electron chi connectivity index (χ2n) is 8.89. The molecule has 4 aromatic carbocycles. The Bertz CT molecular complexity index is 1850. The van der Waals surface area contributed by atoms with Gasteiger partial charge in [0, 0.05) is 24.0 Å². The summed E-state index contributed by atoms with van der Waals surface area (Å²) in [4.78, 5) is -3.22. The quantitative estimate of drug-likeness (QED) is 0.195. The maximum atomic E-state index is 15.0. The molecule has 0 atom stereocenters. The Morgan fingerprint density at radius 2 is 0.872 bits per heavy atom. The zero-order chi connectivity index (χ0) is 28.0. The molecular formula is C26H12F6O5S2. The Morgan fingerprint density at radius 1 is 0.513 bits per heavy atom. The van der Waals surface area contributed by atoms with E-state index in [2.05, 4.69) is 3.63 Å². The topological polar surface area (TPSA) is 77.5 Å². The van der Waals surface area contributed by atoms with Crippen molar-refractivity contribution < 1.29 is 46.8 Å². The molecule has 0 aliphatic heterocycles. The van der Waals surface area contributed by atoms with Crippen molar-refractivity contribution in [1.82, 2.24) is 0 Å². The van der Waals surface area contributed by atoms with Crippen LogP contribution in [0.25, 0.3) is 22.3 Å². The molecule has 0 heterocycles. The Labute approximate surface area is 217 Å². The summed E-state index contributed by atoms with van der Waals surface area (Å²) in [6.45, 7) is 0. The number of hydrogen-bond acceptors (Lipinski definition) is 5. The number of hydrogen-bond donors (Lipinski definition) is 0. The summed E-state index contributed by atoms with van der Waals surface area (Å²) in [5.74, 6) is -12.3. The lowest BCUT2D eigenvalue weighted by molar-refractivity contribution is 0.413. The molecule has 0 bridgehead atoms. The normalized spacial score (nSPS) is 13.7. The fourth-order valence-electron chi connectivity index (χ4n) is 5.19. The molecule has 13 heteroatoms. The lowest BCUT2D eigenvalue weighted by Gasteiger charge is -2.15. The molecular weight excluding hydrogens is 570 g/mol. The van der Waals surface area contributed by atoms with Crippen LogP contribution in [-0.2, 0) is 36.7 Å². The summed E-state index contributed by atoms with van der Waals surface area (Å²) in [7, 11) is -11.7. The van der Waals surface area contributed by atoms with Crippen molar-refractivity contribution >= 4 is 20.2 Å². The summed E-state index contributed by atoms with van der Waals surface area (Å²) in [6, 6.07) is 11.4. The fourth-order valence-corrected chi connectivity index (χ4v) is 8.25. The minimum absolute atomic E-state index is 0.0467. The van der Waals surface area contributed by atoms with Gasteiger partial charge in [-0.05, 0) is 33.4 Å². The van der Waals surface area contributed by atoms with E-state index in [0.717, 1.165) is 0 Å². The van der Waals surface area contributed by atoms with Crippen molar-refractivity contribution in [3.05, 3.63) is 106 Å². The molecule has 0 spiro atoms. The molecule has 0 N–H and O–H groups in total. The van der Waals surface area contributed by atoms with Crippen LogP contribution in [-0.4, -0.2) is 16.8 Å². The van der Waals surface area contributed by atoms with E-state index < -0.39 is 100 Å². The smallest absolute Gasteiger partial charge is 0.203 e. The second-order valence-corrected chi connectivity index (χ2v) is 12.1. The van der Waals surface area contributed by atoms with E-state index in [4.69, 9.17) is 0 Å². The van der Waals surface area contributed by atoms with Gasteiger partial charge in [0.15, 0.2) is 34.9 Å². The third-order valence-electron chi connectivity index (χ3n) is 6.75. The maximum Gasteiger partial charge on any atom is 0.315 e. The van der Waals surface area contributed by atoms with Crippen LogP contribution in [0.5, 0.6) is 0 Å². The van der Waals surface area contributed by atoms with Crippen LogP contribution in [0.1, 0.15) is 22.3 Å². The predicted molar refractivity (Wildman–Crippen MR) is 125 cm³/mol. The summed E-state index contributed by atoms with van der Waals surface area (Å²) < 4.78 is 145. The highest BCUT2D eigenvalue weighted by atomic mass is 32.3. The zero-order valence-corrected chi connectivity index (χ0v) is 20.8. The Kier molecular flexibility index (Phi) is 5.52. The SMILES string of the molecule is O=S(=O)(OS(=O)(=O)c1c(F)c(F)c(F)c2c1Cc1ccccc1-2)c1c(F)c(F)c(F)c2c1Cc1ccccc1-2. The van der Waals surface area contributed by atoms with Gasteiger partial charge in [0.05, 0.1) is 0 Å². The molecule has 0 fully saturated rings. The van der Waals surface area contributed by atoms with Gasteiger partial charge in [0.1, 0.15) is 9.79 Å². The standard InChI is InChI=1S/C26H12F6O5S2/c27-19-17-13-7-3-1-5-11(13)9-15(17)25(23(31)21(19)29)38(33,34)37-39(35,36)26-16-10-12-6-2-4-8-14(12)18(16)20(28)22(30)24(26)32/h1-8H,9-10H2. The average Bonchev–Trinajstić information content (AvgIpc) is 3.43. The van der Waals surface area contributed by atoms with E-state index >= 15 is 0 Å². The van der Waals surface area contributed by atoms with Crippen LogP contribution in [0.2, 0.25) is 0 Å². The molecule has 0 aromatic heterocycles. The minimum atomic E-state index is -5.86. The first-order valence-corrected chi connectivity index (χ1v) is 13.9. The fraction of sp³-hybridized carbons (Fsp3) is 0.0769. The van der Waals surface area contributed by atoms with E-state index in [-0.39, 0.29) is 22.3 Å². The van der Waals surface area contributed by atoms with Gasteiger partial charge in [0.2, 0.25) is 0 Å². The largest absolute Gasteiger partial charge is 0.315 e. The van der Waals surface area contributed by atoms with E-state index in [1.807, 2.05) is 0 Å². The van der Waals surface area contributed by atoms with E-state index in [1.165, 1.54) is 48.5 Å². The van der Waals surface area contributed by atoms with Crippen molar-refractivity contribution in [3.8, 4) is 22.3 Å². The van der Waals surface area contributed by atoms with Crippen molar-refractivity contribution in [2.45, 2.75) is 22.6 Å². The lowest BCUT2D eigenvalue weighted by atomic mass is 10.0. The van der Waals surface area contributed by atoms with Crippen LogP contribution < -0.4 is 0 Å². The van der Waals surface area contributed by atoms with Gasteiger partial charge >= 0.3 is 20.2 Å². The van der Waals surface area contributed by atoms with E-state index in [1.54, 1.807) is 0 Å². The first-order valence-electron chi connectivity index (χ1n) is 11.1. The molecule has 0 unspecified atom stereocenters. The predicted octanol–water partition coefficient (Wildman–Crippen LogP) is 5.76. The summed E-state index contributed by atoms with van der Waals surface area (Å²) >= 11 is 0. The third-order valence-corrected chi connectivity index (χ3v) is 10.0. The van der Waals surface area contributed by atoms with E-state index in [9.17, 15) is 43.2 Å².